The molecular formula is C91H134O20. The van der Waals surface area contributed by atoms with Gasteiger partial charge >= 0.3 is 47.8 Å². The molecule has 10 aliphatic carbocycles. The lowest BCUT2D eigenvalue weighted by molar-refractivity contribution is -0.226. The smallest absolute Gasteiger partial charge is 0.312 e. The summed E-state index contributed by atoms with van der Waals surface area (Å²) in [6.07, 6.45) is 19.4. The number of carbonyl (C=O) groups excluding carboxylic acids is 8. The lowest BCUT2D eigenvalue weighted by Gasteiger charge is -2.59. The van der Waals surface area contributed by atoms with Crippen LogP contribution in [-0.2, 0) is 110 Å². The average molecular weight is 1550 g/mol. The number of ether oxygens (including phenoxy) is 10. The summed E-state index contributed by atoms with van der Waals surface area (Å²) in [5.74, 6) is 0.709. The quantitative estimate of drug-likeness (QED) is 0.0977. The Morgan fingerprint density at radius 1 is 0.414 bits per heavy atom. The van der Waals surface area contributed by atoms with Crippen LogP contribution in [0.2, 0.25) is 0 Å². The Hall–Kier alpha value is -5.96. The van der Waals surface area contributed by atoms with E-state index in [4.69, 9.17) is 47.4 Å². The molecular weight excluding hydrogens is 1410 g/mol. The summed E-state index contributed by atoms with van der Waals surface area (Å²) in [5, 5.41) is 21.3. The van der Waals surface area contributed by atoms with E-state index in [2.05, 4.69) is 37.3 Å². The summed E-state index contributed by atoms with van der Waals surface area (Å²) in [6, 6.07) is 16.6. The number of carbonyl (C=O) groups is 8. The molecule has 111 heavy (non-hydrogen) atoms. The molecule has 8 saturated carbocycles. The van der Waals surface area contributed by atoms with Crippen molar-refractivity contribution in [1.29, 1.82) is 0 Å². The van der Waals surface area contributed by atoms with Crippen LogP contribution >= 0.6 is 0 Å². The molecule has 0 radical (unpaired) electrons. The number of aryl methyl sites for hydroxylation is 2. The second-order valence-electron chi connectivity index (χ2n) is 40.1. The predicted octanol–water partition coefficient (Wildman–Crippen LogP) is 16.2. The maximum absolute atomic E-state index is 12.4. The van der Waals surface area contributed by atoms with Crippen LogP contribution in [0.1, 0.15) is 308 Å². The molecule has 12 bridgehead atoms. The van der Waals surface area contributed by atoms with Gasteiger partial charge in [0, 0.05) is 12.8 Å². The van der Waals surface area contributed by atoms with Gasteiger partial charge in [0.05, 0.1) is 67.7 Å². The molecule has 14 fully saturated rings. The van der Waals surface area contributed by atoms with E-state index in [1.807, 2.05) is 150 Å². The first-order chi connectivity index (χ1) is 51.7. The van der Waals surface area contributed by atoms with Gasteiger partial charge in [0.2, 0.25) is 0 Å². The summed E-state index contributed by atoms with van der Waals surface area (Å²) in [7, 11) is 0. The highest BCUT2D eigenvalue weighted by Crippen LogP contribution is 2.61. The van der Waals surface area contributed by atoms with Crippen molar-refractivity contribution in [1.82, 2.24) is 0 Å². The van der Waals surface area contributed by atoms with Crippen LogP contribution in [0.3, 0.4) is 0 Å². The van der Waals surface area contributed by atoms with Crippen molar-refractivity contribution in [2.75, 3.05) is 0 Å². The highest BCUT2D eigenvalue weighted by Gasteiger charge is 2.68. The van der Waals surface area contributed by atoms with Crippen molar-refractivity contribution in [3.05, 3.63) is 70.8 Å². The molecule has 20 heteroatoms. The Morgan fingerprint density at radius 3 is 1.10 bits per heavy atom. The van der Waals surface area contributed by atoms with Gasteiger partial charge in [0.25, 0.3) is 0 Å². The van der Waals surface area contributed by atoms with E-state index < -0.39 is 79.3 Å². The van der Waals surface area contributed by atoms with Crippen LogP contribution in [-0.4, -0.2) is 129 Å². The van der Waals surface area contributed by atoms with Gasteiger partial charge in [-0.25, -0.2) is 0 Å². The molecule has 6 aliphatic heterocycles. The van der Waals surface area contributed by atoms with Gasteiger partial charge in [-0.1, -0.05) is 97.0 Å². The predicted molar refractivity (Wildman–Crippen MR) is 415 cm³/mol. The number of esters is 8. The van der Waals surface area contributed by atoms with Gasteiger partial charge in [0.15, 0.2) is 24.4 Å². The van der Waals surface area contributed by atoms with E-state index in [0.29, 0.717) is 62.2 Å². The topological polar surface area (TPSA) is 269 Å². The fourth-order valence-electron chi connectivity index (χ4n) is 20.1. The van der Waals surface area contributed by atoms with E-state index in [-0.39, 0.29) is 95.2 Å². The largest absolute Gasteiger partial charge is 0.459 e. The number of benzene rings is 2. The zero-order valence-corrected chi connectivity index (χ0v) is 70.6. The fraction of sp³-hybridized carbons (Fsp3) is 0.780. The molecule has 16 atom stereocenters. The molecule has 0 amide bonds. The number of aliphatic hydroxyl groups is 2. The molecule has 6 heterocycles. The Morgan fingerprint density at radius 2 is 0.739 bits per heavy atom. The van der Waals surface area contributed by atoms with Crippen molar-refractivity contribution in [3.8, 4) is 0 Å². The summed E-state index contributed by atoms with van der Waals surface area (Å²) in [5.41, 5.74) is -0.310. The van der Waals surface area contributed by atoms with Gasteiger partial charge in [-0.15, -0.1) is 0 Å². The number of rotatable bonds is 19. The maximum atomic E-state index is 12.4. The third kappa shape index (κ3) is 17.5. The monoisotopic (exact) mass is 1550 g/mol. The first kappa shape index (κ1) is 85.9. The van der Waals surface area contributed by atoms with Gasteiger partial charge in [0.1, 0.15) is 34.6 Å². The van der Waals surface area contributed by atoms with Crippen LogP contribution in [0.25, 0.3) is 0 Å². The first-order valence-electron chi connectivity index (χ1n) is 42.4. The molecule has 2 N–H and O–H groups in total. The lowest BCUT2D eigenvalue weighted by atomic mass is 9.52. The normalized spacial score (nSPS) is 36.0. The molecule has 16 aliphatic rings. The summed E-state index contributed by atoms with van der Waals surface area (Å²) in [6.45, 7) is 39.1. The van der Waals surface area contributed by atoms with Crippen LogP contribution in [0.15, 0.2) is 48.5 Å². The average Bonchev–Trinajstić information content (AvgIpc) is 1.55. The minimum absolute atomic E-state index is 0.0754. The summed E-state index contributed by atoms with van der Waals surface area (Å²) < 4.78 is 56.7. The van der Waals surface area contributed by atoms with Crippen LogP contribution in [0.5, 0.6) is 0 Å². The van der Waals surface area contributed by atoms with Crippen molar-refractivity contribution in [2.24, 2.45) is 68.0 Å². The molecule has 0 spiro atoms. The Balaban J connectivity index is 0.000000132. The molecule has 2 aromatic rings. The minimum Gasteiger partial charge on any atom is -0.459 e. The molecule has 618 valence electrons. The molecule has 0 aromatic heterocycles. The third-order valence-electron chi connectivity index (χ3n) is 29.2. The molecule has 20 nitrogen and oxygen atoms in total. The summed E-state index contributed by atoms with van der Waals surface area (Å²) >= 11 is 0. The van der Waals surface area contributed by atoms with Gasteiger partial charge in [-0.3, -0.25) is 38.4 Å². The van der Waals surface area contributed by atoms with E-state index >= 15 is 0 Å². The van der Waals surface area contributed by atoms with Gasteiger partial charge < -0.3 is 57.6 Å². The van der Waals surface area contributed by atoms with Crippen molar-refractivity contribution >= 4 is 47.8 Å². The Kier molecular flexibility index (Phi) is 24.4. The van der Waals surface area contributed by atoms with Crippen LogP contribution < -0.4 is 0 Å². The standard InChI is InChI=1S/C17H24O2.2C16H26O3.C16H22O2.2C13H18O5/c1-5-16(3,4)15(18)19-17(6-2)12-11-13-9-7-8-10-14(13)17;2*1-4-14(2,3)13(17)19-16-8-11-5-12(9-16)7-15(18,6-11)10-16;1-5-15(2,3)14(17)18-16(4)11-10-12-8-6-7-9-13(12)16;2*1-4-13(2,3)12(15)18-9-7-5-6-8(16-7)10(9)17-11(6)14/h7-10H,5-6,11-12H2,1-4H3;2*11-12,18H,4-10H2,1-3H3;6-9H,5,10-11H2,1-4H3;2*6-10H,4-5H2,1-3H3. The first-order valence-corrected chi connectivity index (χ1v) is 42.4. The fourth-order valence-corrected chi connectivity index (χ4v) is 20.1. The Bertz CT molecular complexity index is 3600. The van der Waals surface area contributed by atoms with E-state index in [1.54, 1.807) is 0 Å². The number of hydrogen-bond donors (Lipinski definition) is 2. The number of fused-ring (bicyclic) bond motifs is 4. The second-order valence-corrected chi connectivity index (χ2v) is 40.1. The van der Waals surface area contributed by atoms with Crippen LogP contribution in [0, 0.1) is 68.0 Å². The van der Waals surface area contributed by atoms with Gasteiger partial charge in [-0.2, -0.15) is 0 Å². The van der Waals surface area contributed by atoms with Crippen molar-refractivity contribution in [2.45, 2.75) is 381 Å². The minimum atomic E-state index is -0.555. The second kappa shape index (κ2) is 31.6. The molecule has 6 saturated heterocycles. The highest BCUT2D eigenvalue weighted by atomic mass is 16.7. The Labute approximate surface area is 660 Å². The molecule has 16 unspecified atom stereocenters. The number of hydrogen-bond acceptors (Lipinski definition) is 20. The van der Waals surface area contributed by atoms with Crippen LogP contribution in [0.4, 0.5) is 0 Å². The van der Waals surface area contributed by atoms with Crippen molar-refractivity contribution in [3.63, 3.8) is 0 Å². The zero-order valence-electron chi connectivity index (χ0n) is 70.6. The zero-order chi connectivity index (χ0) is 81.4. The highest BCUT2D eigenvalue weighted by molar-refractivity contribution is 5.81. The van der Waals surface area contributed by atoms with Crippen molar-refractivity contribution < 1.29 is 95.9 Å². The SMILES string of the molecule is CCC(C)(C)C(=O)OC1(C)CCc2ccccc21.CCC(C)(C)C(=O)OC1(CC)CCc2ccccc21.CCC(C)(C)C(=O)OC12CC3CC(CC(O)(C3)C1)C2.CCC(C)(C)C(=O)OC12CC3CC(CC(O)(C3)C1)C2.CCC(C)(C)C(=O)OC1C2CC3C(=O)OC1C3O2.CCC(C)(C)C(=O)OC1C2CC3C(=O)OC1C3O2. The molecule has 2 aromatic carbocycles. The van der Waals surface area contributed by atoms with E-state index in [9.17, 15) is 48.6 Å². The van der Waals surface area contributed by atoms with Gasteiger partial charge in [-0.05, 0) is 284 Å². The molecule has 18 rings (SSSR count). The summed E-state index contributed by atoms with van der Waals surface area (Å²) in [4.78, 5) is 96.6. The van der Waals surface area contributed by atoms with E-state index in [0.717, 1.165) is 109 Å². The van der Waals surface area contributed by atoms with E-state index in [1.165, 1.54) is 35.1 Å². The third-order valence-corrected chi connectivity index (χ3v) is 29.2. The lowest BCUT2D eigenvalue weighted by Crippen LogP contribution is -2.61. The maximum Gasteiger partial charge on any atom is 0.312 e.